The van der Waals surface area contributed by atoms with E-state index in [0.29, 0.717) is 17.9 Å². The number of likely N-dealkylation sites (tertiary alicyclic amines) is 1. The van der Waals surface area contributed by atoms with Crippen LogP contribution in [0.15, 0.2) is 109 Å². The van der Waals surface area contributed by atoms with E-state index in [4.69, 9.17) is 0 Å². The summed E-state index contributed by atoms with van der Waals surface area (Å²) in [5.41, 5.74) is 4.13. The van der Waals surface area contributed by atoms with Crippen molar-refractivity contribution in [3.63, 3.8) is 0 Å². The Bertz CT molecular complexity index is 1230. The van der Waals surface area contributed by atoms with Crippen molar-refractivity contribution in [1.29, 1.82) is 0 Å². The van der Waals surface area contributed by atoms with Crippen LogP contribution in [0.25, 0.3) is 16.8 Å². The molecule has 3 atom stereocenters. The second-order valence-corrected chi connectivity index (χ2v) is 9.84. The molecule has 1 N–H and O–H groups in total. The third-order valence-electron chi connectivity index (χ3n) is 7.52. The maximum absolute atomic E-state index is 3.91. The van der Waals surface area contributed by atoms with Crippen LogP contribution < -0.4 is 5.32 Å². The van der Waals surface area contributed by atoms with E-state index >= 15 is 0 Å². The number of nitrogens with zero attached hydrogens (tertiary/aromatic N) is 1. The van der Waals surface area contributed by atoms with E-state index in [2.05, 4.69) is 132 Å². The highest BCUT2D eigenvalue weighted by Crippen LogP contribution is 2.33. The van der Waals surface area contributed by atoms with E-state index in [1.807, 2.05) is 0 Å². The predicted molar refractivity (Wildman–Crippen MR) is 150 cm³/mol. The van der Waals surface area contributed by atoms with Gasteiger partial charge in [-0.25, -0.2) is 0 Å². The highest BCUT2D eigenvalue weighted by Gasteiger charge is 2.30. The molecule has 1 fully saturated rings. The van der Waals surface area contributed by atoms with Gasteiger partial charge in [0, 0.05) is 25.0 Å². The van der Waals surface area contributed by atoms with Crippen molar-refractivity contribution in [3.8, 4) is 0 Å². The summed E-state index contributed by atoms with van der Waals surface area (Å²) < 4.78 is 0. The molecule has 0 bridgehead atoms. The van der Waals surface area contributed by atoms with E-state index in [0.717, 1.165) is 26.2 Å². The molecule has 0 aliphatic carbocycles. The molecule has 0 aromatic heterocycles. The van der Waals surface area contributed by atoms with Gasteiger partial charge >= 0.3 is 0 Å². The normalized spacial score (nSPS) is 19.8. The monoisotopic (exact) mass is 460 g/mol. The zero-order chi connectivity index (χ0) is 23.9. The Balaban J connectivity index is 1.26. The quantitative estimate of drug-likeness (QED) is 0.296. The number of piperidine rings is 1. The first-order chi connectivity index (χ1) is 17.3. The van der Waals surface area contributed by atoms with Crippen molar-refractivity contribution < 1.29 is 0 Å². The van der Waals surface area contributed by atoms with Gasteiger partial charge in [0.05, 0.1) is 0 Å². The van der Waals surface area contributed by atoms with Gasteiger partial charge in [0.1, 0.15) is 0 Å². The zero-order valence-electron chi connectivity index (χ0n) is 20.7. The molecule has 1 aliphatic rings. The Kier molecular flexibility index (Phi) is 7.72. The van der Waals surface area contributed by atoms with Gasteiger partial charge in [-0.3, -0.25) is 4.90 Å². The number of hydrogen-bond donors (Lipinski definition) is 1. The van der Waals surface area contributed by atoms with Gasteiger partial charge in [-0.2, -0.15) is 0 Å². The lowest BCUT2D eigenvalue weighted by Crippen LogP contribution is -2.43. The van der Waals surface area contributed by atoms with Gasteiger partial charge in [-0.05, 0) is 59.8 Å². The number of hydrogen-bond acceptors (Lipinski definition) is 2. The summed E-state index contributed by atoms with van der Waals surface area (Å²) in [5, 5.41) is 6.58. The van der Waals surface area contributed by atoms with Crippen LogP contribution in [0.1, 0.15) is 42.0 Å². The molecule has 0 saturated carbocycles. The summed E-state index contributed by atoms with van der Waals surface area (Å²) in [7, 11) is 0. The van der Waals surface area contributed by atoms with Crippen LogP contribution in [0, 0.1) is 5.92 Å². The third kappa shape index (κ3) is 5.90. The minimum atomic E-state index is 0.323. The fourth-order valence-electron chi connectivity index (χ4n) is 5.52. The first kappa shape index (κ1) is 23.5. The second-order valence-electron chi connectivity index (χ2n) is 9.84. The van der Waals surface area contributed by atoms with Gasteiger partial charge in [0.15, 0.2) is 0 Å². The lowest BCUT2D eigenvalue weighted by molar-refractivity contribution is 0.168. The minimum absolute atomic E-state index is 0.323. The molecule has 0 spiro atoms. The summed E-state index contributed by atoms with van der Waals surface area (Å²) in [6, 6.07) is 37.4. The van der Waals surface area contributed by atoms with Crippen molar-refractivity contribution in [1.82, 2.24) is 10.2 Å². The van der Waals surface area contributed by atoms with E-state index < -0.39 is 0 Å². The third-order valence-corrected chi connectivity index (χ3v) is 7.52. The fraction of sp³-hybridized carbons (Fsp3) is 0.273. The number of fused-ring (bicyclic) bond motifs is 1. The zero-order valence-corrected chi connectivity index (χ0v) is 20.7. The van der Waals surface area contributed by atoms with Crippen LogP contribution in [0.4, 0.5) is 0 Å². The molecular formula is C33H36N2. The summed E-state index contributed by atoms with van der Waals surface area (Å²) >= 11 is 0. The molecule has 1 heterocycles. The van der Waals surface area contributed by atoms with Gasteiger partial charge in [-0.1, -0.05) is 115 Å². The van der Waals surface area contributed by atoms with Gasteiger partial charge in [-0.15, -0.1) is 0 Å². The summed E-state index contributed by atoms with van der Waals surface area (Å²) in [6.07, 6.45) is 5.78. The lowest BCUT2D eigenvalue weighted by atomic mass is 9.80. The van der Waals surface area contributed by atoms with Crippen LogP contribution in [0.5, 0.6) is 0 Å². The van der Waals surface area contributed by atoms with Crippen LogP contribution in [0.3, 0.4) is 0 Å². The first-order valence-electron chi connectivity index (χ1n) is 13.0. The smallest absolute Gasteiger partial charge is 0.0298 e. The summed E-state index contributed by atoms with van der Waals surface area (Å²) in [4.78, 5) is 2.61. The first-order valence-corrected chi connectivity index (χ1v) is 13.0. The number of nitrogens with one attached hydrogen (secondary N) is 1. The van der Waals surface area contributed by atoms with Crippen molar-refractivity contribution >= 4 is 16.8 Å². The Morgan fingerprint density at radius 3 is 2.40 bits per heavy atom. The minimum Gasteiger partial charge on any atom is -0.310 e. The molecule has 178 valence electrons. The molecule has 2 unspecified atom stereocenters. The molecule has 0 amide bonds. The SMILES string of the molecule is C[C@@H](NCC1CCN(C/C=C/c2ccccc2)CC1c1ccccc1)c1cccc2ccccc12. The van der Waals surface area contributed by atoms with E-state index in [-0.39, 0.29) is 0 Å². The van der Waals surface area contributed by atoms with E-state index in [1.165, 1.54) is 33.9 Å². The van der Waals surface area contributed by atoms with E-state index in [1.54, 1.807) is 0 Å². The van der Waals surface area contributed by atoms with E-state index in [9.17, 15) is 0 Å². The molecule has 4 aromatic rings. The van der Waals surface area contributed by atoms with Crippen molar-refractivity contribution in [2.45, 2.75) is 25.3 Å². The van der Waals surface area contributed by atoms with Gasteiger partial charge in [0.2, 0.25) is 0 Å². The topological polar surface area (TPSA) is 15.3 Å². The van der Waals surface area contributed by atoms with Crippen molar-refractivity contribution in [2.24, 2.45) is 5.92 Å². The standard InChI is InChI=1S/C33H36N2/c1-26(31-20-10-18-28-17-8-9-19-32(28)31)34-24-30-21-23-35(22-11-14-27-12-4-2-5-13-27)25-33(30)29-15-6-3-7-16-29/h2-20,26,30,33-34H,21-25H2,1H3/b14-11+/t26-,30?,33?/m1/s1. The van der Waals surface area contributed by atoms with Crippen LogP contribution >= 0.6 is 0 Å². The van der Waals surface area contributed by atoms with Gasteiger partial charge in [0.25, 0.3) is 0 Å². The fourth-order valence-corrected chi connectivity index (χ4v) is 5.52. The number of rotatable bonds is 8. The maximum Gasteiger partial charge on any atom is 0.0298 e. The molecule has 35 heavy (non-hydrogen) atoms. The molecule has 1 saturated heterocycles. The highest BCUT2D eigenvalue weighted by molar-refractivity contribution is 5.86. The predicted octanol–water partition coefficient (Wildman–Crippen LogP) is 7.31. The Morgan fingerprint density at radius 1 is 0.857 bits per heavy atom. The average Bonchev–Trinajstić information content (AvgIpc) is 2.93. The average molecular weight is 461 g/mol. The Morgan fingerprint density at radius 2 is 1.57 bits per heavy atom. The summed E-state index contributed by atoms with van der Waals surface area (Å²) in [6.45, 7) is 6.61. The molecule has 0 radical (unpaired) electrons. The largest absolute Gasteiger partial charge is 0.310 e. The van der Waals surface area contributed by atoms with Crippen molar-refractivity contribution in [2.75, 3.05) is 26.2 Å². The van der Waals surface area contributed by atoms with Gasteiger partial charge < -0.3 is 5.32 Å². The molecular weight excluding hydrogens is 424 g/mol. The highest BCUT2D eigenvalue weighted by atomic mass is 15.1. The molecule has 1 aliphatic heterocycles. The Labute approximate surface area is 210 Å². The van der Waals surface area contributed by atoms with Crippen molar-refractivity contribution in [3.05, 3.63) is 126 Å². The molecule has 2 nitrogen and oxygen atoms in total. The van der Waals surface area contributed by atoms with Crippen LogP contribution in [-0.4, -0.2) is 31.1 Å². The number of benzene rings is 4. The summed E-state index contributed by atoms with van der Waals surface area (Å²) in [5.74, 6) is 1.17. The Hall–Kier alpha value is -3.20. The lowest BCUT2D eigenvalue weighted by Gasteiger charge is -2.39. The van der Waals surface area contributed by atoms with Crippen LogP contribution in [0.2, 0.25) is 0 Å². The molecule has 5 rings (SSSR count). The molecule has 2 heteroatoms. The second kappa shape index (κ2) is 11.5. The molecule has 4 aromatic carbocycles. The maximum atomic E-state index is 3.91. The van der Waals surface area contributed by atoms with Crippen LogP contribution in [-0.2, 0) is 0 Å².